The number of aromatic nitrogens is 2. The molecule has 0 bridgehead atoms. The molecule has 1 aromatic heterocycles. The number of fused-ring (bicyclic) bond motifs is 1. The van der Waals surface area contributed by atoms with Gasteiger partial charge in [0.15, 0.2) is 0 Å². The first-order chi connectivity index (χ1) is 10.2. The Labute approximate surface area is 129 Å². The van der Waals surface area contributed by atoms with Crippen LogP contribution in [0.3, 0.4) is 0 Å². The van der Waals surface area contributed by atoms with Crippen molar-refractivity contribution in [2.24, 2.45) is 0 Å². The van der Waals surface area contributed by atoms with E-state index in [0.717, 1.165) is 16.3 Å². The normalized spacial score (nSPS) is 24.3. The number of H-pyrrole nitrogens is 2. The molecule has 3 unspecified atom stereocenters. The smallest absolute Gasteiger partial charge is 0.307 e. The molecule has 0 radical (unpaired) electrons. The second kappa shape index (κ2) is 6.28. The first kappa shape index (κ1) is 14.7. The molecule has 3 N–H and O–H groups in total. The molecular weight excluding hydrogens is 282 g/mol. The van der Waals surface area contributed by atoms with Crippen LogP contribution in [0.5, 0.6) is 0 Å². The fourth-order valence-electron chi connectivity index (χ4n) is 3.28. The number of thioether (sulfide) groups is 1. The molecule has 2 aromatic rings. The van der Waals surface area contributed by atoms with Gasteiger partial charge in [-0.3, -0.25) is 0 Å². The summed E-state index contributed by atoms with van der Waals surface area (Å²) in [6, 6.07) is 7.05. The maximum Gasteiger partial charge on any atom is 0.323 e. The zero-order valence-electron chi connectivity index (χ0n) is 12.6. The summed E-state index contributed by atoms with van der Waals surface area (Å²) >= 11 is 1.99. The Morgan fingerprint density at radius 2 is 2.10 bits per heavy atom. The third-order valence-electron chi connectivity index (χ3n) is 4.49. The molecule has 1 heterocycles. The van der Waals surface area contributed by atoms with Crippen molar-refractivity contribution in [1.82, 2.24) is 15.3 Å². The molecule has 0 amide bonds. The topological polar surface area (TPSA) is 60.7 Å². The van der Waals surface area contributed by atoms with Crippen LogP contribution in [0.4, 0.5) is 0 Å². The summed E-state index contributed by atoms with van der Waals surface area (Å²) in [5, 5.41) is 4.55. The van der Waals surface area contributed by atoms with Crippen LogP contribution in [0, 0.1) is 0 Å². The molecule has 0 saturated heterocycles. The number of benzene rings is 1. The van der Waals surface area contributed by atoms with Crippen LogP contribution in [-0.4, -0.2) is 27.5 Å². The molecule has 1 aliphatic carbocycles. The van der Waals surface area contributed by atoms with Gasteiger partial charge in [0.2, 0.25) is 0 Å². The number of hydrogen-bond acceptors (Lipinski definition) is 3. The van der Waals surface area contributed by atoms with E-state index in [4.69, 9.17) is 0 Å². The van der Waals surface area contributed by atoms with Gasteiger partial charge in [-0.05, 0) is 50.1 Å². The summed E-state index contributed by atoms with van der Waals surface area (Å²) in [5.74, 6) is 0. The van der Waals surface area contributed by atoms with Gasteiger partial charge in [-0.2, -0.15) is 11.8 Å². The second-order valence-electron chi connectivity index (χ2n) is 5.99. The molecule has 1 aliphatic rings. The molecule has 3 atom stereocenters. The van der Waals surface area contributed by atoms with Crippen LogP contribution < -0.4 is 11.0 Å². The average Bonchev–Trinajstić information content (AvgIpc) is 2.86. The molecule has 4 nitrogen and oxygen atoms in total. The lowest BCUT2D eigenvalue weighted by atomic mass is 9.93. The van der Waals surface area contributed by atoms with Crippen LogP contribution >= 0.6 is 11.8 Å². The summed E-state index contributed by atoms with van der Waals surface area (Å²) in [5.41, 5.74) is 2.84. The fraction of sp³-hybridized carbons (Fsp3) is 0.562. The second-order valence-corrected chi connectivity index (χ2v) is 7.13. The quantitative estimate of drug-likeness (QED) is 0.813. The third-order valence-corrected chi connectivity index (χ3v) is 5.58. The van der Waals surface area contributed by atoms with Crippen LogP contribution in [-0.2, 0) is 0 Å². The van der Waals surface area contributed by atoms with E-state index in [0.29, 0.717) is 12.1 Å². The first-order valence-corrected chi connectivity index (χ1v) is 8.95. The molecule has 1 saturated carbocycles. The zero-order chi connectivity index (χ0) is 14.8. The standard InChI is InChI=1S/C16H23N3OS/c1-10(17-12-4-3-5-13(9-12)21-2)11-6-7-14-15(8-11)19-16(20)18-14/h6-8,10,12-13,17H,3-5,9H2,1-2H3,(H2,18,19,20). The molecule has 0 aliphatic heterocycles. The summed E-state index contributed by atoms with van der Waals surface area (Å²) < 4.78 is 0. The van der Waals surface area contributed by atoms with E-state index in [1.807, 2.05) is 17.8 Å². The summed E-state index contributed by atoms with van der Waals surface area (Å²) in [7, 11) is 0. The average molecular weight is 305 g/mol. The Morgan fingerprint density at radius 1 is 1.29 bits per heavy atom. The van der Waals surface area contributed by atoms with Gasteiger partial charge in [0, 0.05) is 17.3 Å². The summed E-state index contributed by atoms with van der Waals surface area (Å²) in [4.78, 5) is 16.9. The van der Waals surface area contributed by atoms with Crippen molar-refractivity contribution in [3.63, 3.8) is 0 Å². The van der Waals surface area contributed by atoms with Gasteiger partial charge in [0.1, 0.15) is 0 Å². The van der Waals surface area contributed by atoms with E-state index in [1.54, 1.807) is 0 Å². The molecule has 5 heteroatoms. The van der Waals surface area contributed by atoms with Gasteiger partial charge in [0.25, 0.3) is 0 Å². The van der Waals surface area contributed by atoms with Crippen molar-refractivity contribution in [2.45, 2.75) is 49.9 Å². The number of nitrogens with one attached hydrogen (secondary N) is 3. The number of hydrogen-bond donors (Lipinski definition) is 3. The maximum absolute atomic E-state index is 11.3. The van der Waals surface area contributed by atoms with Crippen molar-refractivity contribution >= 4 is 22.8 Å². The largest absolute Gasteiger partial charge is 0.323 e. The lowest BCUT2D eigenvalue weighted by Crippen LogP contribution is -2.36. The van der Waals surface area contributed by atoms with Crippen LogP contribution in [0.25, 0.3) is 11.0 Å². The minimum absolute atomic E-state index is 0.141. The predicted molar refractivity (Wildman–Crippen MR) is 90.0 cm³/mol. The molecule has 21 heavy (non-hydrogen) atoms. The van der Waals surface area contributed by atoms with Crippen molar-refractivity contribution < 1.29 is 0 Å². The van der Waals surface area contributed by atoms with Gasteiger partial charge in [0.05, 0.1) is 11.0 Å². The van der Waals surface area contributed by atoms with E-state index in [9.17, 15) is 4.79 Å². The molecule has 1 fully saturated rings. The third kappa shape index (κ3) is 3.35. The van der Waals surface area contributed by atoms with E-state index in [-0.39, 0.29) is 5.69 Å². The number of aromatic amines is 2. The van der Waals surface area contributed by atoms with Crippen LogP contribution in [0.2, 0.25) is 0 Å². The Morgan fingerprint density at radius 3 is 2.90 bits per heavy atom. The van der Waals surface area contributed by atoms with Crippen molar-refractivity contribution in [1.29, 1.82) is 0 Å². The van der Waals surface area contributed by atoms with Crippen molar-refractivity contribution in [3.05, 3.63) is 34.2 Å². The Hall–Kier alpha value is -1.20. The molecular formula is C16H23N3OS. The number of imidazole rings is 1. The molecule has 114 valence electrons. The van der Waals surface area contributed by atoms with Crippen LogP contribution in [0.1, 0.15) is 44.2 Å². The highest BCUT2D eigenvalue weighted by molar-refractivity contribution is 7.99. The highest BCUT2D eigenvalue weighted by Crippen LogP contribution is 2.28. The maximum atomic E-state index is 11.3. The van der Waals surface area contributed by atoms with Crippen molar-refractivity contribution in [3.8, 4) is 0 Å². The van der Waals surface area contributed by atoms with Gasteiger partial charge < -0.3 is 15.3 Å². The molecule has 3 rings (SSSR count). The zero-order valence-corrected chi connectivity index (χ0v) is 13.4. The fourth-order valence-corrected chi connectivity index (χ4v) is 4.11. The lowest BCUT2D eigenvalue weighted by molar-refractivity contribution is 0.353. The van der Waals surface area contributed by atoms with Crippen LogP contribution in [0.15, 0.2) is 23.0 Å². The highest BCUT2D eigenvalue weighted by Gasteiger charge is 2.22. The number of rotatable bonds is 4. The Bertz CT molecular complexity index is 663. The van der Waals surface area contributed by atoms with Gasteiger partial charge in [-0.15, -0.1) is 0 Å². The van der Waals surface area contributed by atoms with Crippen molar-refractivity contribution in [2.75, 3.05) is 6.26 Å². The molecule has 1 aromatic carbocycles. The van der Waals surface area contributed by atoms with E-state index >= 15 is 0 Å². The molecule has 0 spiro atoms. The van der Waals surface area contributed by atoms with Gasteiger partial charge in [-0.25, -0.2) is 4.79 Å². The summed E-state index contributed by atoms with van der Waals surface area (Å²) in [6.45, 7) is 2.20. The van der Waals surface area contributed by atoms with E-state index in [1.165, 1.54) is 31.2 Å². The SMILES string of the molecule is CSC1CCCC(NC(C)c2ccc3[nH]c(=O)[nH]c3c2)C1. The Balaban J connectivity index is 1.71. The predicted octanol–water partition coefficient (Wildman–Crippen LogP) is 3.18. The minimum Gasteiger partial charge on any atom is -0.307 e. The first-order valence-electron chi connectivity index (χ1n) is 7.66. The van der Waals surface area contributed by atoms with Gasteiger partial charge in [-0.1, -0.05) is 12.5 Å². The van der Waals surface area contributed by atoms with E-state index < -0.39 is 0 Å². The lowest BCUT2D eigenvalue weighted by Gasteiger charge is -2.31. The monoisotopic (exact) mass is 305 g/mol. The summed E-state index contributed by atoms with van der Waals surface area (Å²) in [6.07, 6.45) is 7.41. The highest BCUT2D eigenvalue weighted by atomic mass is 32.2. The Kier molecular flexibility index (Phi) is 4.40. The van der Waals surface area contributed by atoms with E-state index in [2.05, 4.69) is 40.6 Å². The minimum atomic E-state index is -0.141. The van der Waals surface area contributed by atoms with Gasteiger partial charge >= 0.3 is 5.69 Å².